The number of aromatic nitrogens is 1. The number of aldehydes is 1. The predicted octanol–water partition coefficient (Wildman–Crippen LogP) is 1.50. The Hall–Kier alpha value is -1.42. The zero-order valence-electron chi connectivity index (χ0n) is 10.1. The smallest absolute Gasteiger partial charge is 0.217 e. The number of methoxy groups -OCH3 is 1. The molecule has 4 heteroatoms. The fraction of sp³-hybridized carbons (Fsp3) is 0.538. The fourth-order valence-corrected chi connectivity index (χ4v) is 2.32. The molecule has 0 aromatic carbocycles. The molecule has 1 aliphatic heterocycles. The molecule has 0 spiro atoms. The number of likely N-dealkylation sites (tertiary alicyclic amines) is 1. The van der Waals surface area contributed by atoms with Gasteiger partial charge in [0, 0.05) is 30.8 Å². The van der Waals surface area contributed by atoms with Gasteiger partial charge in [0.25, 0.3) is 0 Å². The maximum atomic E-state index is 10.8. The van der Waals surface area contributed by atoms with Gasteiger partial charge in [-0.25, -0.2) is 4.98 Å². The summed E-state index contributed by atoms with van der Waals surface area (Å²) < 4.78 is 5.23. The molecule has 1 aromatic rings. The van der Waals surface area contributed by atoms with Crippen molar-refractivity contribution in [3.05, 3.63) is 23.9 Å². The lowest BCUT2D eigenvalue weighted by atomic mass is 9.99. The van der Waals surface area contributed by atoms with E-state index in [2.05, 4.69) is 9.88 Å². The van der Waals surface area contributed by atoms with E-state index in [9.17, 15) is 4.79 Å². The van der Waals surface area contributed by atoms with Crippen molar-refractivity contribution in [2.75, 3.05) is 20.2 Å². The third kappa shape index (κ3) is 3.03. The standard InChI is InChI=1S/C13H18N2O2/c1-17-13-12(5-2-6-14-13)9-15-7-3-4-11(8-15)10-16/h2,5-6,10-11H,3-4,7-9H2,1H3. The minimum Gasteiger partial charge on any atom is -0.481 e. The molecule has 1 saturated heterocycles. The molecule has 1 aliphatic rings. The number of rotatable bonds is 4. The Morgan fingerprint density at radius 3 is 3.29 bits per heavy atom. The second kappa shape index (κ2) is 5.77. The van der Waals surface area contributed by atoms with E-state index in [1.54, 1.807) is 13.3 Å². The van der Waals surface area contributed by atoms with Crippen LogP contribution in [0.4, 0.5) is 0 Å². The van der Waals surface area contributed by atoms with Gasteiger partial charge in [0.2, 0.25) is 5.88 Å². The van der Waals surface area contributed by atoms with E-state index in [0.29, 0.717) is 5.88 Å². The summed E-state index contributed by atoms with van der Waals surface area (Å²) in [5.41, 5.74) is 1.08. The third-order valence-corrected chi connectivity index (χ3v) is 3.17. The van der Waals surface area contributed by atoms with E-state index in [1.807, 2.05) is 12.1 Å². The van der Waals surface area contributed by atoms with Crippen molar-refractivity contribution in [3.8, 4) is 5.88 Å². The molecule has 1 unspecified atom stereocenters. The Kier molecular flexibility index (Phi) is 4.09. The highest BCUT2D eigenvalue weighted by Gasteiger charge is 2.20. The van der Waals surface area contributed by atoms with Crippen LogP contribution < -0.4 is 4.74 Å². The van der Waals surface area contributed by atoms with Crippen LogP contribution in [0.5, 0.6) is 5.88 Å². The molecule has 0 aliphatic carbocycles. The SMILES string of the molecule is COc1ncccc1CN1CCCC(C=O)C1. The largest absolute Gasteiger partial charge is 0.481 e. The fourth-order valence-electron chi connectivity index (χ4n) is 2.32. The summed E-state index contributed by atoms with van der Waals surface area (Å²) in [6.45, 7) is 2.70. The maximum absolute atomic E-state index is 10.8. The first kappa shape index (κ1) is 12.0. The molecule has 0 amide bonds. The lowest BCUT2D eigenvalue weighted by Crippen LogP contribution is -2.35. The number of nitrogens with zero attached hydrogens (tertiary/aromatic N) is 2. The molecule has 2 heterocycles. The van der Waals surface area contributed by atoms with Crippen molar-refractivity contribution >= 4 is 6.29 Å². The molecule has 4 nitrogen and oxygen atoms in total. The lowest BCUT2D eigenvalue weighted by molar-refractivity contribution is -0.112. The molecule has 0 bridgehead atoms. The van der Waals surface area contributed by atoms with E-state index in [-0.39, 0.29) is 5.92 Å². The van der Waals surface area contributed by atoms with Gasteiger partial charge in [0.1, 0.15) is 6.29 Å². The Morgan fingerprint density at radius 1 is 1.65 bits per heavy atom. The van der Waals surface area contributed by atoms with Crippen molar-refractivity contribution < 1.29 is 9.53 Å². The summed E-state index contributed by atoms with van der Waals surface area (Å²) in [7, 11) is 1.64. The minimum atomic E-state index is 0.186. The van der Waals surface area contributed by atoms with Crippen molar-refractivity contribution in [2.45, 2.75) is 19.4 Å². The zero-order valence-corrected chi connectivity index (χ0v) is 10.1. The number of carbonyl (C=O) groups excluding carboxylic acids is 1. The van der Waals surface area contributed by atoms with Gasteiger partial charge in [-0.15, -0.1) is 0 Å². The molecule has 1 atom stereocenters. The summed E-state index contributed by atoms with van der Waals surface area (Å²) in [5, 5.41) is 0. The highest BCUT2D eigenvalue weighted by Crippen LogP contribution is 2.20. The van der Waals surface area contributed by atoms with Gasteiger partial charge in [-0.3, -0.25) is 4.90 Å². The quantitative estimate of drug-likeness (QED) is 0.740. The van der Waals surface area contributed by atoms with Crippen LogP contribution in [0.3, 0.4) is 0 Å². The molecular formula is C13H18N2O2. The van der Waals surface area contributed by atoms with Crippen LogP contribution in [0.1, 0.15) is 18.4 Å². The van der Waals surface area contributed by atoms with Gasteiger partial charge in [-0.1, -0.05) is 6.07 Å². The molecular weight excluding hydrogens is 216 g/mol. The first-order valence-corrected chi connectivity index (χ1v) is 5.99. The van der Waals surface area contributed by atoms with Gasteiger partial charge in [-0.05, 0) is 25.5 Å². The number of carbonyl (C=O) groups is 1. The van der Waals surface area contributed by atoms with Crippen molar-refractivity contribution in [2.24, 2.45) is 5.92 Å². The second-order valence-corrected chi connectivity index (χ2v) is 4.45. The van der Waals surface area contributed by atoms with E-state index < -0.39 is 0 Å². The van der Waals surface area contributed by atoms with E-state index in [1.165, 1.54) is 0 Å². The number of ether oxygens (including phenoxy) is 1. The number of hydrogen-bond donors (Lipinski definition) is 0. The van der Waals surface area contributed by atoms with Gasteiger partial charge >= 0.3 is 0 Å². The van der Waals surface area contributed by atoms with Crippen LogP contribution in [0.2, 0.25) is 0 Å². The zero-order chi connectivity index (χ0) is 12.1. The van der Waals surface area contributed by atoms with E-state index in [0.717, 1.165) is 44.3 Å². The molecule has 0 radical (unpaired) electrons. The summed E-state index contributed by atoms with van der Waals surface area (Å²) >= 11 is 0. The van der Waals surface area contributed by atoms with Crippen LogP contribution in [-0.2, 0) is 11.3 Å². The molecule has 17 heavy (non-hydrogen) atoms. The Morgan fingerprint density at radius 2 is 2.53 bits per heavy atom. The average Bonchev–Trinajstić information content (AvgIpc) is 2.39. The summed E-state index contributed by atoms with van der Waals surface area (Å²) in [6, 6.07) is 3.94. The van der Waals surface area contributed by atoms with Gasteiger partial charge in [-0.2, -0.15) is 0 Å². The van der Waals surface area contributed by atoms with Crippen LogP contribution in [-0.4, -0.2) is 36.4 Å². The van der Waals surface area contributed by atoms with E-state index in [4.69, 9.17) is 4.74 Å². The third-order valence-electron chi connectivity index (χ3n) is 3.17. The molecule has 2 rings (SSSR count). The van der Waals surface area contributed by atoms with Crippen molar-refractivity contribution in [1.29, 1.82) is 0 Å². The summed E-state index contributed by atoms with van der Waals surface area (Å²) in [4.78, 5) is 17.3. The highest BCUT2D eigenvalue weighted by atomic mass is 16.5. The summed E-state index contributed by atoms with van der Waals surface area (Å²) in [6.07, 6.45) is 4.91. The monoisotopic (exact) mass is 234 g/mol. The minimum absolute atomic E-state index is 0.186. The lowest BCUT2D eigenvalue weighted by Gasteiger charge is -2.30. The molecule has 1 aromatic heterocycles. The van der Waals surface area contributed by atoms with Gasteiger partial charge in [0.15, 0.2) is 0 Å². The molecule has 92 valence electrons. The normalized spacial score (nSPS) is 21.1. The highest BCUT2D eigenvalue weighted by molar-refractivity contribution is 5.53. The average molecular weight is 234 g/mol. The first-order chi connectivity index (χ1) is 8.33. The Bertz CT molecular complexity index is 381. The van der Waals surface area contributed by atoms with Crippen LogP contribution >= 0.6 is 0 Å². The number of piperidine rings is 1. The second-order valence-electron chi connectivity index (χ2n) is 4.45. The topological polar surface area (TPSA) is 42.4 Å². The maximum Gasteiger partial charge on any atom is 0.217 e. The van der Waals surface area contributed by atoms with E-state index >= 15 is 0 Å². The number of pyridine rings is 1. The molecule has 0 N–H and O–H groups in total. The Labute approximate surface area is 102 Å². The summed E-state index contributed by atoms with van der Waals surface area (Å²) in [5.74, 6) is 0.868. The molecule has 1 fully saturated rings. The molecule has 0 saturated carbocycles. The number of hydrogen-bond acceptors (Lipinski definition) is 4. The van der Waals surface area contributed by atoms with Gasteiger partial charge < -0.3 is 9.53 Å². The Balaban J connectivity index is 2.02. The van der Waals surface area contributed by atoms with Crippen molar-refractivity contribution in [3.63, 3.8) is 0 Å². The predicted molar refractivity (Wildman–Crippen MR) is 64.9 cm³/mol. The van der Waals surface area contributed by atoms with Crippen LogP contribution in [0, 0.1) is 5.92 Å². The van der Waals surface area contributed by atoms with Crippen molar-refractivity contribution in [1.82, 2.24) is 9.88 Å². The first-order valence-electron chi connectivity index (χ1n) is 5.99. The van der Waals surface area contributed by atoms with Crippen LogP contribution in [0.15, 0.2) is 18.3 Å². The van der Waals surface area contributed by atoms with Gasteiger partial charge in [0.05, 0.1) is 7.11 Å². The van der Waals surface area contributed by atoms with Crippen LogP contribution in [0.25, 0.3) is 0 Å².